The molecule has 17 heteroatoms. The summed E-state index contributed by atoms with van der Waals surface area (Å²) in [4.78, 5) is 0. The number of aliphatic hydroxyl groups is 9. The predicted octanol–water partition coefficient (Wildman–Crippen LogP) is 0.294. The van der Waals surface area contributed by atoms with E-state index in [2.05, 4.69) is 27.7 Å². The Labute approximate surface area is 364 Å². The molecule has 0 aromatic heterocycles. The minimum absolute atomic E-state index is 0.0972. The Bertz CT molecular complexity index is 1550. The maximum atomic E-state index is 12.0. The molecule has 5 aliphatic heterocycles. The molecule has 4 aliphatic carbocycles. The van der Waals surface area contributed by atoms with E-state index < -0.39 is 111 Å². The van der Waals surface area contributed by atoms with Gasteiger partial charge in [0.05, 0.1) is 38.1 Å². The molecular formula is C45H74O17. The lowest BCUT2D eigenvalue weighted by molar-refractivity contribution is -0.391. The minimum Gasteiger partial charge on any atom is -0.394 e. The second-order valence-electron chi connectivity index (χ2n) is 21.5. The van der Waals surface area contributed by atoms with E-state index in [0.29, 0.717) is 47.8 Å². The topological polar surface area (TPSA) is 256 Å². The van der Waals surface area contributed by atoms with Crippen molar-refractivity contribution < 1.29 is 83.9 Å². The molecule has 0 aromatic carbocycles. The van der Waals surface area contributed by atoms with E-state index in [1.807, 2.05) is 0 Å². The molecule has 27 atom stereocenters. The second kappa shape index (κ2) is 17.4. The molecule has 0 bridgehead atoms. The number of hydrogen-bond donors (Lipinski definition) is 9. The number of aliphatic hydroxyl groups excluding tert-OH is 9. The van der Waals surface area contributed by atoms with E-state index >= 15 is 0 Å². The van der Waals surface area contributed by atoms with Crippen molar-refractivity contribution in [1.29, 1.82) is 0 Å². The smallest absolute Gasteiger partial charge is 0.187 e. The largest absolute Gasteiger partial charge is 0.394 e. The molecule has 356 valence electrons. The van der Waals surface area contributed by atoms with Gasteiger partial charge in [-0.25, -0.2) is 0 Å². The molecule has 1 spiro atoms. The zero-order valence-corrected chi connectivity index (χ0v) is 36.8. The van der Waals surface area contributed by atoms with Gasteiger partial charge in [0.15, 0.2) is 24.7 Å². The molecule has 0 unspecified atom stereocenters. The fourth-order valence-corrected chi connectivity index (χ4v) is 14.6. The van der Waals surface area contributed by atoms with Gasteiger partial charge < -0.3 is 83.9 Å². The Morgan fingerprint density at radius 2 is 1.24 bits per heavy atom. The second-order valence-corrected chi connectivity index (χ2v) is 21.5. The summed E-state index contributed by atoms with van der Waals surface area (Å²) in [6.45, 7) is 10.6. The van der Waals surface area contributed by atoms with Gasteiger partial charge in [-0.1, -0.05) is 27.7 Å². The van der Waals surface area contributed by atoms with Gasteiger partial charge in [-0.05, 0) is 111 Å². The van der Waals surface area contributed by atoms with E-state index in [4.69, 9.17) is 37.9 Å². The highest BCUT2D eigenvalue weighted by Crippen LogP contribution is 2.71. The molecule has 5 heterocycles. The van der Waals surface area contributed by atoms with Crippen LogP contribution in [-0.4, -0.2) is 176 Å². The Kier molecular flexibility index (Phi) is 13.1. The summed E-state index contributed by atoms with van der Waals surface area (Å²) in [7, 11) is 0. The third-order valence-corrected chi connectivity index (χ3v) is 18.2. The molecule has 0 aromatic rings. The van der Waals surface area contributed by atoms with Crippen molar-refractivity contribution in [3.63, 3.8) is 0 Å². The number of rotatable bonds is 8. The highest BCUT2D eigenvalue weighted by atomic mass is 16.8. The van der Waals surface area contributed by atoms with Crippen LogP contribution in [0.1, 0.15) is 98.8 Å². The molecule has 9 rings (SSSR count). The van der Waals surface area contributed by atoms with Crippen LogP contribution in [0.5, 0.6) is 0 Å². The average Bonchev–Trinajstić information content (AvgIpc) is 3.70. The molecule has 9 N–H and O–H groups in total. The lowest BCUT2D eigenvalue weighted by Gasteiger charge is -2.61. The van der Waals surface area contributed by atoms with Crippen molar-refractivity contribution >= 4 is 0 Å². The van der Waals surface area contributed by atoms with Crippen molar-refractivity contribution in [2.45, 2.75) is 209 Å². The first-order chi connectivity index (χ1) is 29.4. The van der Waals surface area contributed by atoms with Crippen LogP contribution < -0.4 is 0 Å². The van der Waals surface area contributed by atoms with Crippen LogP contribution in [0.3, 0.4) is 0 Å². The predicted molar refractivity (Wildman–Crippen MR) is 214 cm³/mol. The first-order valence-corrected chi connectivity index (χ1v) is 23.7. The standard InChI is InChI=1S/C45H74O17/c1-19-8-13-45(55-18-19)20(2)30-27(62-45)15-26-24-7-6-22-14-23(9-11-43(22,4)25(24)10-12-44(26,30)5)57-42-39(61-41-36(53)34(51)32(49)28(16-46)58-41)37(54)38(29(17-47)59-42)60-40-35(52)33(50)31(48)21(3)56-40/h19-42,46-54H,6-18H2,1-5H3/t19-,20-,21-,22+,23-,24+,25-,26-,27-,28+,29+,30-,31-,32-,33+,34-,35+,36+,37-,38-,39+,40-,41-,42+,43-,44-,45+/m0/s1. The van der Waals surface area contributed by atoms with Crippen LogP contribution in [0.15, 0.2) is 0 Å². The lowest BCUT2D eigenvalue weighted by Crippen LogP contribution is -2.67. The molecule has 4 saturated carbocycles. The molecule has 17 nitrogen and oxygen atoms in total. The maximum absolute atomic E-state index is 12.0. The summed E-state index contributed by atoms with van der Waals surface area (Å²) in [5.41, 5.74) is 0.311. The molecule has 62 heavy (non-hydrogen) atoms. The van der Waals surface area contributed by atoms with E-state index in [1.54, 1.807) is 0 Å². The Morgan fingerprint density at radius 1 is 0.581 bits per heavy atom. The monoisotopic (exact) mass is 886 g/mol. The quantitative estimate of drug-likeness (QED) is 0.149. The van der Waals surface area contributed by atoms with Gasteiger partial charge in [0, 0.05) is 12.3 Å². The zero-order valence-electron chi connectivity index (χ0n) is 36.8. The van der Waals surface area contributed by atoms with Gasteiger partial charge in [0.25, 0.3) is 0 Å². The fourth-order valence-electron chi connectivity index (χ4n) is 14.6. The van der Waals surface area contributed by atoms with Gasteiger partial charge in [-0.15, -0.1) is 0 Å². The Hall–Kier alpha value is -0.680. The zero-order chi connectivity index (χ0) is 44.2. The molecule has 0 amide bonds. The van der Waals surface area contributed by atoms with Crippen molar-refractivity contribution in [2.24, 2.45) is 52.3 Å². The normalized spacial score (nSPS) is 58.9. The third-order valence-electron chi connectivity index (χ3n) is 18.2. The molecule has 5 saturated heterocycles. The van der Waals surface area contributed by atoms with Gasteiger partial charge in [-0.2, -0.15) is 0 Å². The average molecular weight is 887 g/mol. The summed E-state index contributed by atoms with van der Waals surface area (Å²) >= 11 is 0. The summed E-state index contributed by atoms with van der Waals surface area (Å²) in [6.07, 6.45) is -12.7. The van der Waals surface area contributed by atoms with Gasteiger partial charge in [0.2, 0.25) is 0 Å². The number of hydrogen-bond acceptors (Lipinski definition) is 17. The Morgan fingerprint density at radius 3 is 1.94 bits per heavy atom. The van der Waals surface area contributed by atoms with E-state index in [1.165, 1.54) is 19.8 Å². The SMILES string of the molecule is C[C@H]1CC[C@@]2(OC1)O[C@H]1C[C@H]3[C@@H]4CC[C@@H]5C[C@@H](O[C@@H]6O[C@H](CO)[C@H](O[C@@H]7O[C@@H](C)[C@H](O)[C@@H](O)[C@H]7O)[C@H](O)[C@H]6O[C@@H]6O[C@H](CO)[C@H](O)[C@H](O)[C@H]6O)CC[C@]5(C)[C@H]4CC[C@]3(C)[C@H]1[C@@H]2C. The van der Waals surface area contributed by atoms with Crippen molar-refractivity contribution in [3.8, 4) is 0 Å². The van der Waals surface area contributed by atoms with E-state index in [-0.39, 0.29) is 23.0 Å². The van der Waals surface area contributed by atoms with Crippen molar-refractivity contribution in [2.75, 3.05) is 19.8 Å². The summed E-state index contributed by atoms with van der Waals surface area (Å²) in [5, 5.41) is 95.9. The summed E-state index contributed by atoms with van der Waals surface area (Å²) in [6, 6.07) is 0. The minimum atomic E-state index is -1.81. The first-order valence-electron chi connectivity index (χ1n) is 23.7. The van der Waals surface area contributed by atoms with Crippen molar-refractivity contribution in [3.05, 3.63) is 0 Å². The molecule has 0 radical (unpaired) electrons. The van der Waals surface area contributed by atoms with Crippen LogP contribution >= 0.6 is 0 Å². The van der Waals surface area contributed by atoms with E-state index in [0.717, 1.165) is 51.6 Å². The lowest BCUT2D eigenvalue weighted by atomic mass is 9.44. The number of ether oxygens (including phenoxy) is 8. The van der Waals surface area contributed by atoms with Crippen LogP contribution in [0, 0.1) is 52.3 Å². The van der Waals surface area contributed by atoms with Crippen LogP contribution in [0.4, 0.5) is 0 Å². The van der Waals surface area contributed by atoms with Gasteiger partial charge >= 0.3 is 0 Å². The highest BCUT2D eigenvalue weighted by molar-refractivity contribution is 5.15. The van der Waals surface area contributed by atoms with Crippen LogP contribution in [0.25, 0.3) is 0 Å². The van der Waals surface area contributed by atoms with Gasteiger partial charge in [-0.3, -0.25) is 0 Å². The van der Waals surface area contributed by atoms with Crippen molar-refractivity contribution in [1.82, 2.24) is 0 Å². The fraction of sp³-hybridized carbons (Fsp3) is 1.00. The Balaban J connectivity index is 0.902. The first kappa shape index (κ1) is 46.4. The summed E-state index contributed by atoms with van der Waals surface area (Å²) in [5.74, 6) is 3.15. The number of fused-ring (bicyclic) bond motifs is 7. The molecular weight excluding hydrogens is 812 g/mol. The third kappa shape index (κ3) is 7.56. The van der Waals surface area contributed by atoms with E-state index in [9.17, 15) is 46.0 Å². The van der Waals surface area contributed by atoms with Crippen LogP contribution in [0.2, 0.25) is 0 Å². The highest BCUT2D eigenvalue weighted by Gasteiger charge is 2.69. The van der Waals surface area contributed by atoms with Gasteiger partial charge in [0.1, 0.15) is 67.1 Å². The summed E-state index contributed by atoms with van der Waals surface area (Å²) < 4.78 is 50.0. The van der Waals surface area contributed by atoms with Crippen LogP contribution in [-0.2, 0) is 37.9 Å². The molecule has 9 aliphatic rings. The maximum Gasteiger partial charge on any atom is 0.187 e. The molecule has 9 fully saturated rings.